The van der Waals surface area contributed by atoms with Gasteiger partial charge in [0.25, 0.3) is 5.69 Å². The van der Waals surface area contributed by atoms with Gasteiger partial charge >= 0.3 is 0 Å². The van der Waals surface area contributed by atoms with Crippen LogP contribution in [0, 0.1) is 10.1 Å². The number of nitro benzene ring substituents is 1. The molecule has 0 saturated carbocycles. The number of ether oxygens (including phenoxy) is 1. The number of benzene rings is 3. The highest BCUT2D eigenvalue weighted by molar-refractivity contribution is 6.02. The SMILES string of the molecule is O=C(c1ccc2c(c1)Cc1ccccc1-2)[C@@H]1O[C@@H]1c1cccc([N+](=O)[O-])c1. The average Bonchev–Trinajstić information content (AvgIpc) is 3.41. The van der Waals surface area contributed by atoms with Gasteiger partial charge in [-0.1, -0.05) is 48.5 Å². The summed E-state index contributed by atoms with van der Waals surface area (Å²) >= 11 is 0. The number of fused-ring (bicyclic) bond motifs is 3. The maximum absolute atomic E-state index is 12.8. The first-order valence-corrected chi connectivity index (χ1v) is 8.77. The maximum atomic E-state index is 12.8. The Morgan fingerprint density at radius 3 is 2.63 bits per heavy atom. The molecule has 0 unspecified atom stereocenters. The molecule has 2 atom stereocenters. The highest BCUT2D eigenvalue weighted by atomic mass is 16.6. The minimum Gasteiger partial charge on any atom is -0.356 e. The number of hydrogen-bond acceptors (Lipinski definition) is 4. The molecule has 2 aliphatic rings. The zero-order valence-corrected chi connectivity index (χ0v) is 14.3. The number of hydrogen-bond donors (Lipinski definition) is 0. The zero-order chi connectivity index (χ0) is 18.5. The van der Waals surface area contributed by atoms with E-state index >= 15 is 0 Å². The molecule has 0 N–H and O–H groups in total. The van der Waals surface area contributed by atoms with Crippen molar-refractivity contribution in [3.05, 3.63) is 99.1 Å². The first-order valence-electron chi connectivity index (χ1n) is 8.77. The van der Waals surface area contributed by atoms with Crippen molar-refractivity contribution < 1.29 is 14.5 Å². The van der Waals surface area contributed by atoms with E-state index in [1.165, 1.54) is 28.8 Å². The lowest BCUT2D eigenvalue weighted by Crippen LogP contribution is -2.08. The summed E-state index contributed by atoms with van der Waals surface area (Å²) in [5.41, 5.74) is 6.11. The topological polar surface area (TPSA) is 72.7 Å². The van der Waals surface area contributed by atoms with Crippen LogP contribution in [0.3, 0.4) is 0 Å². The van der Waals surface area contributed by atoms with E-state index in [0.29, 0.717) is 11.1 Å². The number of non-ortho nitro benzene ring substituents is 1. The first kappa shape index (κ1) is 15.9. The summed E-state index contributed by atoms with van der Waals surface area (Å²) in [6.07, 6.45) is -0.163. The highest BCUT2D eigenvalue weighted by Crippen LogP contribution is 2.43. The van der Waals surface area contributed by atoms with E-state index in [1.807, 2.05) is 30.3 Å². The fourth-order valence-electron chi connectivity index (χ4n) is 3.84. The number of epoxide rings is 1. The Morgan fingerprint density at radius 1 is 0.963 bits per heavy atom. The van der Waals surface area contributed by atoms with Gasteiger partial charge in [0.1, 0.15) is 6.10 Å². The van der Waals surface area contributed by atoms with E-state index in [1.54, 1.807) is 12.1 Å². The van der Waals surface area contributed by atoms with Gasteiger partial charge in [0.15, 0.2) is 11.9 Å². The van der Waals surface area contributed by atoms with Gasteiger partial charge in [-0.25, -0.2) is 0 Å². The maximum Gasteiger partial charge on any atom is 0.269 e. The lowest BCUT2D eigenvalue weighted by Gasteiger charge is -2.04. The fourth-order valence-corrected chi connectivity index (χ4v) is 3.84. The monoisotopic (exact) mass is 357 g/mol. The molecule has 3 aromatic rings. The van der Waals surface area contributed by atoms with E-state index in [9.17, 15) is 14.9 Å². The number of ketones is 1. The molecule has 0 aromatic heterocycles. The van der Waals surface area contributed by atoms with Crippen LogP contribution in [-0.4, -0.2) is 16.8 Å². The quantitative estimate of drug-likeness (QED) is 0.233. The van der Waals surface area contributed by atoms with Crippen LogP contribution in [0.5, 0.6) is 0 Å². The van der Waals surface area contributed by atoms with Crippen LogP contribution in [-0.2, 0) is 11.2 Å². The van der Waals surface area contributed by atoms with Gasteiger partial charge in [-0.15, -0.1) is 0 Å². The molecule has 1 aliphatic carbocycles. The van der Waals surface area contributed by atoms with Crippen molar-refractivity contribution in [2.75, 3.05) is 0 Å². The van der Waals surface area contributed by atoms with E-state index in [2.05, 4.69) is 12.1 Å². The number of carbonyl (C=O) groups excluding carboxylic acids is 1. The van der Waals surface area contributed by atoms with Crippen molar-refractivity contribution >= 4 is 11.5 Å². The molecule has 5 nitrogen and oxygen atoms in total. The molecule has 0 spiro atoms. The van der Waals surface area contributed by atoms with Gasteiger partial charge in [0.2, 0.25) is 0 Å². The molecule has 1 saturated heterocycles. The van der Waals surface area contributed by atoms with Gasteiger partial charge in [-0.3, -0.25) is 14.9 Å². The van der Waals surface area contributed by atoms with Crippen molar-refractivity contribution in [1.82, 2.24) is 0 Å². The lowest BCUT2D eigenvalue weighted by molar-refractivity contribution is -0.384. The fraction of sp³-hybridized carbons (Fsp3) is 0.136. The normalized spacial score (nSPS) is 19.3. The lowest BCUT2D eigenvalue weighted by atomic mass is 9.98. The van der Waals surface area contributed by atoms with Crippen LogP contribution < -0.4 is 0 Å². The predicted molar refractivity (Wildman–Crippen MR) is 99.7 cm³/mol. The van der Waals surface area contributed by atoms with Gasteiger partial charge in [-0.05, 0) is 40.3 Å². The first-order chi connectivity index (χ1) is 13.1. The van der Waals surface area contributed by atoms with Crippen LogP contribution in [0.4, 0.5) is 5.69 Å². The van der Waals surface area contributed by atoms with Gasteiger partial charge in [-0.2, -0.15) is 0 Å². The summed E-state index contributed by atoms with van der Waals surface area (Å²) < 4.78 is 5.56. The van der Waals surface area contributed by atoms with Crippen molar-refractivity contribution in [2.45, 2.75) is 18.6 Å². The molecular formula is C22H15NO4. The molecule has 5 rings (SSSR count). The number of carbonyl (C=O) groups is 1. The summed E-state index contributed by atoms with van der Waals surface area (Å²) in [5.74, 6) is -0.0785. The second-order valence-electron chi connectivity index (χ2n) is 6.90. The van der Waals surface area contributed by atoms with Crippen LogP contribution in [0.25, 0.3) is 11.1 Å². The molecule has 1 heterocycles. The number of Topliss-reactive ketones (excluding diaryl/α,β-unsaturated/α-hetero) is 1. The Hall–Kier alpha value is -3.31. The smallest absolute Gasteiger partial charge is 0.269 e. The number of nitro groups is 1. The highest BCUT2D eigenvalue weighted by Gasteiger charge is 2.46. The van der Waals surface area contributed by atoms with Crippen molar-refractivity contribution in [1.29, 1.82) is 0 Å². The molecule has 3 aromatic carbocycles. The van der Waals surface area contributed by atoms with E-state index in [-0.39, 0.29) is 11.5 Å². The van der Waals surface area contributed by atoms with Crippen LogP contribution in [0.1, 0.15) is 33.2 Å². The molecule has 0 amide bonds. The van der Waals surface area contributed by atoms with Crippen molar-refractivity contribution in [3.63, 3.8) is 0 Å². The van der Waals surface area contributed by atoms with Crippen LogP contribution in [0.15, 0.2) is 66.7 Å². The average molecular weight is 357 g/mol. The molecule has 5 heteroatoms. The van der Waals surface area contributed by atoms with Crippen molar-refractivity contribution in [3.8, 4) is 11.1 Å². The summed E-state index contributed by atoms with van der Waals surface area (Å²) in [7, 11) is 0. The molecule has 1 fully saturated rings. The van der Waals surface area contributed by atoms with Crippen LogP contribution >= 0.6 is 0 Å². The van der Waals surface area contributed by atoms with E-state index in [4.69, 9.17) is 4.74 Å². The third-order valence-corrected chi connectivity index (χ3v) is 5.24. The minimum atomic E-state index is -0.575. The third-order valence-electron chi connectivity index (χ3n) is 5.24. The Morgan fingerprint density at radius 2 is 1.78 bits per heavy atom. The number of nitrogens with zero attached hydrogens (tertiary/aromatic N) is 1. The Balaban J connectivity index is 1.38. The van der Waals surface area contributed by atoms with Crippen LogP contribution in [0.2, 0.25) is 0 Å². The summed E-state index contributed by atoms with van der Waals surface area (Å²) in [6.45, 7) is 0. The van der Waals surface area contributed by atoms with E-state index < -0.39 is 17.1 Å². The van der Waals surface area contributed by atoms with Crippen molar-refractivity contribution in [2.24, 2.45) is 0 Å². The second-order valence-corrected chi connectivity index (χ2v) is 6.90. The third kappa shape index (κ3) is 2.64. The molecule has 0 bridgehead atoms. The Bertz CT molecular complexity index is 1100. The Kier molecular flexibility index (Phi) is 3.45. The molecule has 1 aliphatic heterocycles. The second kappa shape index (κ2) is 5.86. The molecule has 0 radical (unpaired) electrons. The minimum absolute atomic E-state index is 0.00416. The zero-order valence-electron chi connectivity index (χ0n) is 14.3. The van der Waals surface area contributed by atoms with E-state index in [0.717, 1.165) is 12.0 Å². The Labute approximate surface area is 155 Å². The van der Waals surface area contributed by atoms with Gasteiger partial charge in [0, 0.05) is 17.7 Å². The molecule has 27 heavy (non-hydrogen) atoms. The predicted octanol–water partition coefficient (Wildman–Crippen LogP) is 4.49. The largest absolute Gasteiger partial charge is 0.356 e. The summed E-state index contributed by atoms with van der Waals surface area (Å²) in [6, 6.07) is 20.3. The van der Waals surface area contributed by atoms with Gasteiger partial charge in [0.05, 0.1) is 4.92 Å². The summed E-state index contributed by atoms with van der Waals surface area (Å²) in [4.78, 5) is 23.3. The standard InChI is InChI=1S/C22H15NO4/c24-20(22-21(27-22)15-5-3-6-17(12-15)23(25)26)14-8-9-19-16(11-14)10-13-4-1-2-7-18(13)19/h1-9,11-12,21-22H,10H2/t21-,22+/m1/s1. The molecule has 132 valence electrons. The number of rotatable bonds is 4. The van der Waals surface area contributed by atoms with Gasteiger partial charge < -0.3 is 4.74 Å². The molecular weight excluding hydrogens is 342 g/mol. The summed E-state index contributed by atoms with van der Waals surface area (Å²) in [5, 5.41) is 10.9.